The minimum absolute atomic E-state index is 0.151. The molecule has 7 heteroatoms. The fourth-order valence-corrected chi connectivity index (χ4v) is 1.78. The Morgan fingerprint density at radius 1 is 1.50 bits per heavy atom. The van der Waals surface area contributed by atoms with Crippen molar-refractivity contribution in [3.63, 3.8) is 0 Å². The number of ether oxygens (including phenoxy) is 3. The maximum Gasteiger partial charge on any atom is 0.112 e. The Balaban J connectivity index is 2.62. The zero-order chi connectivity index (χ0) is 12.0. The molecule has 1 N–H and O–H groups in total. The van der Waals surface area contributed by atoms with Crippen molar-refractivity contribution in [1.82, 2.24) is 0 Å². The molecule has 1 heterocycles. The van der Waals surface area contributed by atoms with Crippen molar-refractivity contribution in [1.29, 1.82) is 0 Å². The van der Waals surface area contributed by atoms with E-state index < -0.39 is 24.4 Å². The number of methoxy groups -OCH3 is 1. The Kier molecular flexibility index (Phi) is 5.51. The van der Waals surface area contributed by atoms with Crippen molar-refractivity contribution in [2.75, 3.05) is 26.9 Å². The molecule has 1 rings (SSSR count). The van der Waals surface area contributed by atoms with E-state index in [4.69, 9.17) is 19.7 Å². The standard InChI is InChI=1S/C9H17N3O4/c1-3-15-9-6(4-11-12-10)16-7(5-14-2)8(9)13/h6-9,13H,3-5H2,1-2H3/t6-,7?,8+,9+/m1/s1. The molecule has 0 saturated carbocycles. The van der Waals surface area contributed by atoms with Crippen molar-refractivity contribution in [2.45, 2.75) is 31.3 Å². The van der Waals surface area contributed by atoms with E-state index in [0.717, 1.165) is 0 Å². The van der Waals surface area contributed by atoms with Crippen LogP contribution < -0.4 is 0 Å². The predicted octanol–water partition coefficient (Wildman–Crippen LogP) is 0.476. The first-order valence-electron chi connectivity index (χ1n) is 5.19. The van der Waals surface area contributed by atoms with Gasteiger partial charge in [0.15, 0.2) is 0 Å². The first-order valence-corrected chi connectivity index (χ1v) is 5.19. The third-order valence-corrected chi connectivity index (χ3v) is 2.45. The van der Waals surface area contributed by atoms with Gasteiger partial charge < -0.3 is 19.3 Å². The Labute approximate surface area is 93.9 Å². The normalized spacial score (nSPS) is 33.7. The fraction of sp³-hybridized carbons (Fsp3) is 1.00. The fourth-order valence-electron chi connectivity index (χ4n) is 1.78. The lowest BCUT2D eigenvalue weighted by molar-refractivity contribution is -0.0314. The van der Waals surface area contributed by atoms with Crippen LogP contribution >= 0.6 is 0 Å². The quantitative estimate of drug-likeness (QED) is 0.408. The summed E-state index contributed by atoms with van der Waals surface area (Å²) in [6, 6.07) is 0. The highest BCUT2D eigenvalue weighted by molar-refractivity contribution is 4.92. The van der Waals surface area contributed by atoms with Gasteiger partial charge in [0.25, 0.3) is 0 Å². The van der Waals surface area contributed by atoms with Gasteiger partial charge in [-0.3, -0.25) is 0 Å². The van der Waals surface area contributed by atoms with Gasteiger partial charge in [-0.15, -0.1) is 0 Å². The van der Waals surface area contributed by atoms with Crippen LogP contribution in [-0.4, -0.2) is 56.4 Å². The number of rotatable bonds is 6. The number of hydrogen-bond acceptors (Lipinski definition) is 5. The molecule has 1 aliphatic rings. The number of nitrogens with zero attached hydrogens (tertiary/aromatic N) is 3. The zero-order valence-corrected chi connectivity index (χ0v) is 9.44. The van der Waals surface area contributed by atoms with Crippen LogP contribution in [0.15, 0.2) is 5.11 Å². The van der Waals surface area contributed by atoms with E-state index in [1.54, 1.807) is 0 Å². The van der Waals surface area contributed by atoms with Crippen LogP contribution in [0.4, 0.5) is 0 Å². The molecule has 1 unspecified atom stereocenters. The number of aliphatic hydroxyl groups is 1. The van der Waals surface area contributed by atoms with E-state index in [9.17, 15) is 5.11 Å². The smallest absolute Gasteiger partial charge is 0.112 e. The zero-order valence-electron chi connectivity index (χ0n) is 9.44. The van der Waals surface area contributed by atoms with Crippen molar-refractivity contribution >= 4 is 0 Å². The lowest BCUT2D eigenvalue weighted by Crippen LogP contribution is -2.37. The highest BCUT2D eigenvalue weighted by atomic mass is 16.6. The van der Waals surface area contributed by atoms with Gasteiger partial charge in [-0.2, -0.15) is 0 Å². The second-order valence-electron chi connectivity index (χ2n) is 3.49. The van der Waals surface area contributed by atoms with E-state index in [-0.39, 0.29) is 13.2 Å². The topological polar surface area (TPSA) is 96.7 Å². The molecule has 0 amide bonds. The van der Waals surface area contributed by atoms with Crippen molar-refractivity contribution in [3.8, 4) is 0 Å². The van der Waals surface area contributed by atoms with Gasteiger partial charge in [0.1, 0.15) is 18.3 Å². The molecule has 1 saturated heterocycles. The molecule has 4 atom stereocenters. The lowest BCUT2D eigenvalue weighted by Gasteiger charge is -2.18. The predicted molar refractivity (Wildman–Crippen MR) is 56.0 cm³/mol. The minimum Gasteiger partial charge on any atom is -0.387 e. The van der Waals surface area contributed by atoms with Gasteiger partial charge in [-0.25, -0.2) is 0 Å². The van der Waals surface area contributed by atoms with Crippen molar-refractivity contribution in [3.05, 3.63) is 10.4 Å². The lowest BCUT2D eigenvalue weighted by atomic mass is 10.1. The molecule has 7 nitrogen and oxygen atoms in total. The largest absolute Gasteiger partial charge is 0.387 e. The van der Waals surface area contributed by atoms with Crippen LogP contribution in [0.3, 0.4) is 0 Å². The molecule has 0 radical (unpaired) electrons. The molecule has 0 bridgehead atoms. The molecule has 0 spiro atoms. The monoisotopic (exact) mass is 231 g/mol. The third-order valence-electron chi connectivity index (χ3n) is 2.45. The summed E-state index contributed by atoms with van der Waals surface area (Å²) in [5, 5.41) is 13.4. The Bertz CT molecular complexity index is 257. The molecule has 0 aliphatic carbocycles. The van der Waals surface area contributed by atoms with E-state index in [1.807, 2.05) is 6.92 Å². The number of azide groups is 1. The highest BCUT2D eigenvalue weighted by Crippen LogP contribution is 2.24. The summed E-state index contributed by atoms with van der Waals surface area (Å²) in [4.78, 5) is 2.67. The average molecular weight is 231 g/mol. The van der Waals surface area contributed by atoms with Crippen LogP contribution in [0, 0.1) is 0 Å². The Hall–Kier alpha value is -0.850. The maximum atomic E-state index is 9.92. The number of hydrogen-bond donors (Lipinski definition) is 1. The molecule has 92 valence electrons. The SMILES string of the molecule is CCO[C@H]1[C@@H](CN=[N+]=[N-])OC(COC)[C@@H]1O. The Morgan fingerprint density at radius 2 is 2.25 bits per heavy atom. The second kappa shape index (κ2) is 6.67. The molecule has 1 fully saturated rings. The van der Waals surface area contributed by atoms with Gasteiger partial charge in [-0.1, -0.05) is 5.11 Å². The van der Waals surface area contributed by atoms with E-state index >= 15 is 0 Å². The first kappa shape index (κ1) is 13.2. The molecule has 0 aromatic carbocycles. The molecule has 0 aromatic rings. The van der Waals surface area contributed by atoms with Gasteiger partial charge in [-0.05, 0) is 12.5 Å². The summed E-state index contributed by atoms with van der Waals surface area (Å²) >= 11 is 0. The van der Waals surface area contributed by atoms with Gasteiger partial charge >= 0.3 is 0 Å². The van der Waals surface area contributed by atoms with Gasteiger partial charge in [0.2, 0.25) is 0 Å². The van der Waals surface area contributed by atoms with Gasteiger partial charge in [0, 0.05) is 18.6 Å². The van der Waals surface area contributed by atoms with Crippen molar-refractivity contribution < 1.29 is 19.3 Å². The van der Waals surface area contributed by atoms with E-state index in [2.05, 4.69) is 10.0 Å². The first-order chi connectivity index (χ1) is 7.74. The van der Waals surface area contributed by atoms with Crippen LogP contribution in [0.1, 0.15) is 6.92 Å². The third kappa shape index (κ3) is 3.07. The summed E-state index contributed by atoms with van der Waals surface area (Å²) in [6.45, 7) is 2.74. The molecule has 0 aromatic heterocycles. The summed E-state index contributed by atoms with van der Waals surface area (Å²) in [5.74, 6) is 0. The summed E-state index contributed by atoms with van der Waals surface area (Å²) < 4.78 is 15.8. The molecule has 16 heavy (non-hydrogen) atoms. The molecular formula is C9H17N3O4. The van der Waals surface area contributed by atoms with Crippen LogP contribution in [-0.2, 0) is 14.2 Å². The van der Waals surface area contributed by atoms with Crippen LogP contribution in [0.2, 0.25) is 0 Å². The summed E-state index contributed by atoms with van der Waals surface area (Å²) in [5.41, 5.74) is 8.25. The van der Waals surface area contributed by atoms with Crippen LogP contribution in [0.5, 0.6) is 0 Å². The van der Waals surface area contributed by atoms with Crippen LogP contribution in [0.25, 0.3) is 10.4 Å². The van der Waals surface area contributed by atoms with Gasteiger partial charge in [0.05, 0.1) is 19.3 Å². The van der Waals surface area contributed by atoms with Crippen molar-refractivity contribution in [2.24, 2.45) is 5.11 Å². The second-order valence-corrected chi connectivity index (χ2v) is 3.49. The average Bonchev–Trinajstić information content (AvgIpc) is 2.56. The molecular weight excluding hydrogens is 214 g/mol. The summed E-state index contributed by atoms with van der Waals surface area (Å²) in [6.07, 6.45) is -2.05. The summed E-state index contributed by atoms with van der Waals surface area (Å²) in [7, 11) is 1.53. The van der Waals surface area contributed by atoms with E-state index in [0.29, 0.717) is 6.61 Å². The molecule has 1 aliphatic heterocycles. The highest BCUT2D eigenvalue weighted by Gasteiger charge is 2.43. The maximum absolute atomic E-state index is 9.92. The number of aliphatic hydroxyl groups excluding tert-OH is 1. The minimum atomic E-state index is -0.751. The Morgan fingerprint density at radius 3 is 2.81 bits per heavy atom. The van der Waals surface area contributed by atoms with E-state index in [1.165, 1.54) is 7.11 Å².